The molecule has 2 aromatic heterocycles. The van der Waals surface area contributed by atoms with Gasteiger partial charge in [-0.2, -0.15) is 0 Å². The molecule has 192 valence electrons. The molecule has 2 aromatic carbocycles. The quantitative estimate of drug-likeness (QED) is 0.241. The fraction of sp³-hybridized carbons (Fsp3) is 0.222. The molecule has 4 aromatic rings. The molecule has 0 aliphatic carbocycles. The van der Waals surface area contributed by atoms with E-state index in [2.05, 4.69) is 15.0 Å². The minimum absolute atomic E-state index is 0.125. The molecule has 9 nitrogen and oxygen atoms in total. The number of hydrogen-bond acceptors (Lipinski definition) is 7. The molecule has 0 spiro atoms. The second-order valence-corrected chi connectivity index (χ2v) is 10.4. The molecule has 37 heavy (non-hydrogen) atoms. The highest BCUT2D eigenvalue weighted by Gasteiger charge is 2.25. The standard InChI is InChI=1S/C27H27N3O6S/c31-24-17-21(9-6-14-29-26-10-4-5-13-28-26)36-25-12-11-20(15-22(24)25)16-23(27(32)33)30-37(34,35)18-19-7-2-1-3-8-19/h1-5,7-8,10-13,15,17,23,30H,6,9,14,16,18H2,(H,28,29)(H,32,33)/t23-/m0/s1. The van der Waals surface area contributed by atoms with Gasteiger partial charge < -0.3 is 14.8 Å². The predicted molar refractivity (Wildman–Crippen MR) is 141 cm³/mol. The van der Waals surface area contributed by atoms with Crippen molar-refractivity contribution in [3.63, 3.8) is 0 Å². The van der Waals surface area contributed by atoms with Crippen LogP contribution < -0.4 is 15.5 Å². The van der Waals surface area contributed by atoms with Crippen molar-refractivity contribution in [2.24, 2.45) is 0 Å². The first-order valence-electron chi connectivity index (χ1n) is 11.8. The number of anilines is 1. The second kappa shape index (κ2) is 11.8. The van der Waals surface area contributed by atoms with Gasteiger partial charge in [0, 0.05) is 25.2 Å². The van der Waals surface area contributed by atoms with Crippen molar-refractivity contribution in [3.05, 3.63) is 106 Å². The van der Waals surface area contributed by atoms with E-state index in [-0.39, 0.29) is 17.6 Å². The van der Waals surface area contributed by atoms with E-state index >= 15 is 0 Å². The topological polar surface area (TPSA) is 139 Å². The summed E-state index contributed by atoms with van der Waals surface area (Å²) in [4.78, 5) is 28.7. The molecule has 3 N–H and O–H groups in total. The normalized spacial score (nSPS) is 12.3. The summed E-state index contributed by atoms with van der Waals surface area (Å²) in [6, 6.07) is 19.0. The molecule has 0 bridgehead atoms. The lowest BCUT2D eigenvalue weighted by atomic mass is 10.0. The third kappa shape index (κ3) is 7.48. The van der Waals surface area contributed by atoms with E-state index in [1.807, 2.05) is 18.2 Å². The molecule has 4 rings (SSSR count). The molecule has 0 saturated heterocycles. The van der Waals surface area contributed by atoms with Crippen LogP contribution in [-0.4, -0.2) is 37.1 Å². The molecule has 0 aliphatic rings. The summed E-state index contributed by atoms with van der Waals surface area (Å²) in [7, 11) is -3.90. The van der Waals surface area contributed by atoms with Crippen LogP contribution in [0.2, 0.25) is 0 Å². The highest BCUT2D eigenvalue weighted by atomic mass is 32.2. The molecule has 2 heterocycles. The van der Waals surface area contributed by atoms with E-state index in [9.17, 15) is 23.1 Å². The number of nitrogens with zero attached hydrogens (tertiary/aromatic N) is 1. The van der Waals surface area contributed by atoms with Gasteiger partial charge in [0.15, 0.2) is 5.43 Å². The zero-order valence-corrected chi connectivity index (χ0v) is 20.8. The first-order valence-corrected chi connectivity index (χ1v) is 13.4. The van der Waals surface area contributed by atoms with Crippen LogP contribution in [0.5, 0.6) is 0 Å². The Morgan fingerprint density at radius 2 is 1.78 bits per heavy atom. The van der Waals surface area contributed by atoms with Crippen LogP contribution >= 0.6 is 0 Å². The summed E-state index contributed by atoms with van der Waals surface area (Å²) in [5, 5.41) is 13.1. The smallest absolute Gasteiger partial charge is 0.322 e. The first kappa shape index (κ1) is 26.1. The van der Waals surface area contributed by atoms with Gasteiger partial charge in [0.2, 0.25) is 10.0 Å². The zero-order chi connectivity index (χ0) is 26.3. The number of rotatable bonds is 12. The number of carbonyl (C=O) groups is 1. The maximum atomic E-state index is 12.7. The van der Waals surface area contributed by atoms with Crippen LogP contribution in [0.25, 0.3) is 11.0 Å². The van der Waals surface area contributed by atoms with Crippen molar-refractivity contribution in [2.75, 3.05) is 11.9 Å². The Morgan fingerprint density at radius 3 is 2.51 bits per heavy atom. The number of hydrogen-bond donors (Lipinski definition) is 3. The van der Waals surface area contributed by atoms with Gasteiger partial charge in [-0.05, 0) is 48.2 Å². The number of aliphatic carboxylic acids is 1. The zero-order valence-electron chi connectivity index (χ0n) is 20.0. The Balaban J connectivity index is 1.41. The summed E-state index contributed by atoms with van der Waals surface area (Å²) in [5.74, 6) is -0.320. The fourth-order valence-corrected chi connectivity index (χ4v) is 5.25. The van der Waals surface area contributed by atoms with Crippen molar-refractivity contribution in [1.82, 2.24) is 9.71 Å². The van der Waals surface area contributed by atoms with Gasteiger partial charge in [0.25, 0.3) is 0 Å². The van der Waals surface area contributed by atoms with Crippen LogP contribution in [0.15, 0.2) is 88.2 Å². The van der Waals surface area contributed by atoms with E-state index in [0.717, 1.165) is 12.2 Å². The van der Waals surface area contributed by atoms with Crippen molar-refractivity contribution < 1.29 is 22.7 Å². The summed E-state index contributed by atoms with van der Waals surface area (Å²) < 4.78 is 33.2. The maximum absolute atomic E-state index is 12.7. The number of nitrogens with one attached hydrogen (secondary N) is 2. The van der Waals surface area contributed by atoms with Gasteiger partial charge in [-0.3, -0.25) is 9.59 Å². The predicted octanol–water partition coefficient (Wildman–Crippen LogP) is 3.35. The van der Waals surface area contributed by atoms with Gasteiger partial charge in [-0.1, -0.05) is 42.5 Å². The van der Waals surface area contributed by atoms with Crippen molar-refractivity contribution in [2.45, 2.75) is 31.1 Å². The van der Waals surface area contributed by atoms with Gasteiger partial charge in [-0.25, -0.2) is 18.1 Å². The number of carboxylic acids is 1. The monoisotopic (exact) mass is 521 g/mol. The fourth-order valence-electron chi connectivity index (χ4n) is 3.92. The Labute approximate surface area is 214 Å². The van der Waals surface area contributed by atoms with E-state index in [4.69, 9.17) is 4.42 Å². The van der Waals surface area contributed by atoms with E-state index in [1.54, 1.807) is 54.7 Å². The lowest BCUT2D eigenvalue weighted by Crippen LogP contribution is -2.42. The molecule has 1 atom stereocenters. The molecular formula is C27H27N3O6S. The van der Waals surface area contributed by atoms with Gasteiger partial charge in [-0.15, -0.1) is 0 Å². The number of benzene rings is 2. The van der Waals surface area contributed by atoms with Gasteiger partial charge in [0.05, 0.1) is 11.1 Å². The number of aromatic nitrogens is 1. The highest BCUT2D eigenvalue weighted by molar-refractivity contribution is 7.88. The van der Waals surface area contributed by atoms with E-state index in [0.29, 0.717) is 40.8 Å². The maximum Gasteiger partial charge on any atom is 0.322 e. The second-order valence-electron chi connectivity index (χ2n) is 8.61. The van der Waals surface area contributed by atoms with Crippen LogP contribution in [0.4, 0.5) is 5.82 Å². The molecule has 10 heteroatoms. The summed E-state index contributed by atoms with van der Waals surface area (Å²) in [6.45, 7) is 0.661. The van der Waals surface area contributed by atoms with Crippen LogP contribution in [0.3, 0.4) is 0 Å². The van der Waals surface area contributed by atoms with Crippen LogP contribution in [0, 0.1) is 0 Å². The molecular weight excluding hydrogens is 494 g/mol. The van der Waals surface area contributed by atoms with Gasteiger partial charge in [0.1, 0.15) is 23.2 Å². The SMILES string of the molecule is O=C(O)[C@H](Cc1ccc2oc(CCCNc3ccccn3)cc(=O)c2c1)NS(=O)(=O)Cc1ccccc1. The number of carboxylic acid groups (broad SMARTS) is 1. The van der Waals surface area contributed by atoms with Gasteiger partial charge >= 0.3 is 5.97 Å². The third-order valence-electron chi connectivity index (χ3n) is 5.67. The lowest BCUT2D eigenvalue weighted by molar-refractivity contribution is -0.138. The molecule has 0 unspecified atom stereocenters. The largest absolute Gasteiger partial charge is 0.480 e. The number of aryl methyl sites for hydroxylation is 1. The summed E-state index contributed by atoms with van der Waals surface area (Å²) in [6.07, 6.45) is 2.86. The molecule has 0 saturated carbocycles. The average molecular weight is 522 g/mol. The van der Waals surface area contributed by atoms with Crippen LogP contribution in [0.1, 0.15) is 23.3 Å². The Morgan fingerprint density at radius 1 is 1.00 bits per heavy atom. The van der Waals surface area contributed by atoms with Crippen molar-refractivity contribution in [1.29, 1.82) is 0 Å². The van der Waals surface area contributed by atoms with E-state index < -0.39 is 22.0 Å². The average Bonchev–Trinajstić information content (AvgIpc) is 2.87. The van der Waals surface area contributed by atoms with Crippen LogP contribution in [-0.2, 0) is 33.4 Å². The molecule has 0 fully saturated rings. The van der Waals surface area contributed by atoms with E-state index in [1.165, 1.54) is 6.07 Å². The van der Waals surface area contributed by atoms with Crippen molar-refractivity contribution >= 4 is 32.8 Å². The minimum atomic E-state index is -3.90. The third-order valence-corrected chi connectivity index (χ3v) is 7.03. The highest BCUT2D eigenvalue weighted by Crippen LogP contribution is 2.17. The van der Waals surface area contributed by atoms with Crippen molar-refractivity contribution in [3.8, 4) is 0 Å². The lowest BCUT2D eigenvalue weighted by Gasteiger charge is -2.15. The summed E-state index contributed by atoms with van der Waals surface area (Å²) in [5.41, 5.74) is 1.19. The first-order chi connectivity index (χ1) is 17.8. The molecule has 0 radical (unpaired) electrons. The summed E-state index contributed by atoms with van der Waals surface area (Å²) >= 11 is 0. The Kier molecular flexibility index (Phi) is 8.32. The Bertz CT molecular complexity index is 1520. The minimum Gasteiger partial charge on any atom is -0.480 e. The number of pyridine rings is 1. The Hall–Kier alpha value is -4.02. The number of sulfonamides is 1. The molecule has 0 amide bonds. The molecule has 0 aliphatic heterocycles. The number of fused-ring (bicyclic) bond motifs is 1.